The molecule has 0 aliphatic heterocycles. The number of aryl methyl sites for hydroxylation is 3. The SMILES string of the molecule is CNNC=Nc1c(C)cc(C)cc1C. The Hall–Kier alpha value is -1.35. The van der Waals surface area contributed by atoms with Gasteiger partial charge in [0.25, 0.3) is 0 Å². The fourth-order valence-electron chi connectivity index (χ4n) is 1.54. The number of hydrogen-bond acceptors (Lipinski definition) is 2. The third-order valence-corrected chi connectivity index (χ3v) is 2.04. The summed E-state index contributed by atoms with van der Waals surface area (Å²) in [7, 11) is 1.81. The molecule has 0 spiro atoms. The average Bonchev–Trinajstić information content (AvgIpc) is 2.09. The standard InChI is InChI=1S/C11H17N3/c1-8-5-9(2)11(10(3)6-8)13-7-14-12-4/h5-7,12H,1-4H3,(H,13,14). The second-order valence-corrected chi connectivity index (χ2v) is 3.40. The van der Waals surface area contributed by atoms with Gasteiger partial charge in [-0.15, -0.1) is 0 Å². The van der Waals surface area contributed by atoms with Gasteiger partial charge in [-0.1, -0.05) is 17.7 Å². The van der Waals surface area contributed by atoms with Crippen LogP contribution in [0, 0.1) is 20.8 Å². The molecule has 1 rings (SSSR count). The van der Waals surface area contributed by atoms with E-state index in [-0.39, 0.29) is 0 Å². The molecule has 0 atom stereocenters. The highest BCUT2D eigenvalue weighted by atomic mass is 15.3. The highest BCUT2D eigenvalue weighted by Gasteiger charge is 2.00. The van der Waals surface area contributed by atoms with Crippen LogP contribution in [-0.4, -0.2) is 13.4 Å². The second kappa shape index (κ2) is 4.77. The molecule has 0 radical (unpaired) electrons. The van der Waals surface area contributed by atoms with Crippen LogP contribution < -0.4 is 10.9 Å². The summed E-state index contributed by atoms with van der Waals surface area (Å²) >= 11 is 0. The van der Waals surface area contributed by atoms with Gasteiger partial charge >= 0.3 is 0 Å². The van der Waals surface area contributed by atoms with Crippen LogP contribution in [0.4, 0.5) is 5.69 Å². The molecule has 0 amide bonds. The number of benzene rings is 1. The molecule has 0 bridgehead atoms. The Bertz CT molecular complexity index is 319. The summed E-state index contributed by atoms with van der Waals surface area (Å²) in [6.07, 6.45) is 1.66. The van der Waals surface area contributed by atoms with Gasteiger partial charge in [-0.05, 0) is 31.9 Å². The van der Waals surface area contributed by atoms with Gasteiger partial charge in [0.05, 0.1) is 5.69 Å². The van der Waals surface area contributed by atoms with E-state index in [1.54, 1.807) is 13.4 Å². The number of hydrazine groups is 1. The first-order valence-corrected chi connectivity index (χ1v) is 4.68. The Morgan fingerprint density at radius 2 is 1.71 bits per heavy atom. The largest absolute Gasteiger partial charge is 0.312 e. The Balaban J connectivity index is 2.96. The highest BCUT2D eigenvalue weighted by Crippen LogP contribution is 2.24. The van der Waals surface area contributed by atoms with E-state index >= 15 is 0 Å². The maximum absolute atomic E-state index is 4.34. The van der Waals surface area contributed by atoms with Gasteiger partial charge in [-0.3, -0.25) is 0 Å². The number of rotatable bonds is 3. The Kier molecular flexibility index (Phi) is 3.65. The van der Waals surface area contributed by atoms with Gasteiger partial charge < -0.3 is 5.43 Å². The van der Waals surface area contributed by atoms with Crippen molar-refractivity contribution in [2.75, 3.05) is 7.05 Å². The van der Waals surface area contributed by atoms with E-state index < -0.39 is 0 Å². The molecule has 0 heterocycles. The molecule has 2 N–H and O–H groups in total. The zero-order valence-corrected chi connectivity index (χ0v) is 9.18. The lowest BCUT2D eigenvalue weighted by molar-refractivity contribution is 0.782. The lowest BCUT2D eigenvalue weighted by atomic mass is 10.1. The fraction of sp³-hybridized carbons (Fsp3) is 0.364. The first-order valence-electron chi connectivity index (χ1n) is 4.68. The van der Waals surface area contributed by atoms with E-state index in [9.17, 15) is 0 Å². The van der Waals surface area contributed by atoms with E-state index in [2.05, 4.69) is 48.7 Å². The molecule has 0 unspecified atom stereocenters. The smallest absolute Gasteiger partial charge is 0.103 e. The van der Waals surface area contributed by atoms with Crippen LogP contribution in [0.3, 0.4) is 0 Å². The molecule has 3 nitrogen and oxygen atoms in total. The van der Waals surface area contributed by atoms with Gasteiger partial charge in [0.2, 0.25) is 0 Å². The molecule has 76 valence electrons. The van der Waals surface area contributed by atoms with Crippen LogP contribution in [-0.2, 0) is 0 Å². The summed E-state index contributed by atoms with van der Waals surface area (Å²) in [6.45, 7) is 6.25. The van der Waals surface area contributed by atoms with Crippen LogP contribution in [0.25, 0.3) is 0 Å². The quantitative estimate of drug-likeness (QED) is 0.435. The Morgan fingerprint density at radius 1 is 1.14 bits per heavy atom. The topological polar surface area (TPSA) is 36.4 Å². The van der Waals surface area contributed by atoms with Crippen molar-refractivity contribution in [1.82, 2.24) is 10.9 Å². The third kappa shape index (κ3) is 2.57. The minimum atomic E-state index is 1.04. The number of nitrogens with zero attached hydrogens (tertiary/aromatic N) is 1. The average molecular weight is 191 g/mol. The van der Waals surface area contributed by atoms with Crippen molar-refractivity contribution in [3.63, 3.8) is 0 Å². The zero-order valence-electron chi connectivity index (χ0n) is 9.18. The van der Waals surface area contributed by atoms with Crippen molar-refractivity contribution in [2.24, 2.45) is 4.99 Å². The minimum Gasteiger partial charge on any atom is -0.312 e. The Labute approximate surface area is 85.2 Å². The molecule has 3 heteroatoms. The van der Waals surface area contributed by atoms with E-state index in [1.807, 2.05) is 0 Å². The van der Waals surface area contributed by atoms with Crippen LogP contribution >= 0.6 is 0 Å². The molecular formula is C11H17N3. The number of nitrogens with one attached hydrogen (secondary N) is 2. The van der Waals surface area contributed by atoms with E-state index in [0.717, 1.165) is 5.69 Å². The second-order valence-electron chi connectivity index (χ2n) is 3.40. The summed E-state index contributed by atoms with van der Waals surface area (Å²) in [5.41, 5.74) is 10.3. The molecule has 0 saturated heterocycles. The molecule has 0 aliphatic carbocycles. The predicted octanol–water partition coefficient (Wildman–Crippen LogP) is 2.00. The van der Waals surface area contributed by atoms with Crippen LogP contribution in [0.1, 0.15) is 16.7 Å². The summed E-state index contributed by atoms with van der Waals surface area (Å²) in [4.78, 5) is 4.34. The monoisotopic (exact) mass is 191 g/mol. The van der Waals surface area contributed by atoms with E-state index in [4.69, 9.17) is 0 Å². The van der Waals surface area contributed by atoms with Crippen molar-refractivity contribution >= 4 is 12.0 Å². The molecular weight excluding hydrogens is 174 g/mol. The summed E-state index contributed by atoms with van der Waals surface area (Å²) in [5, 5.41) is 0. The van der Waals surface area contributed by atoms with Gasteiger partial charge in [-0.25, -0.2) is 10.4 Å². The number of hydrogen-bond donors (Lipinski definition) is 2. The molecule has 0 aromatic heterocycles. The van der Waals surface area contributed by atoms with Crippen molar-refractivity contribution in [3.05, 3.63) is 28.8 Å². The Morgan fingerprint density at radius 3 is 2.21 bits per heavy atom. The molecule has 0 fully saturated rings. The van der Waals surface area contributed by atoms with Crippen molar-refractivity contribution in [3.8, 4) is 0 Å². The molecule has 14 heavy (non-hydrogen) atoms. The molecule has 0 aliphatic rings. The first kappa shape index (κ1) is 10.7. The first-order chi connectivity index (χ1) is 6.65. The molecule has 0 saturated carbocycles. The van der Waals surface area contributed by atoms with Crippen molar-refractivity contribution < 1.29 is 0 Å². The highest BCUT2D eigenvalue weighted by molar-refractivity contribution is 5.65. The van der Waals surface area contributed by atoms with Crippen LogP contribution in [0.15, 0.2) is 17.1 Å². The number of aliphatic imine (C=N–C) groups is 1. The van der Waals surface area contributed by atoms with Crippen molar-refractivity contribution in [1.29, 1.82) is 0 Å². The minimum absolute atomic E-state index is 1.04. The normalized spacial score (nSPS) is 10.9. The summed E-state index contributed by atoms with van der Waals surface area (Å²) in [6, 6.07) is 4.28. The lowest BCUT2D eigenvalue weighted by Gasteiger charge is -2.06. The van der Waals surface area contributed by atoms with Gasteiger partial charge in [0.15, 0.2) is 0 Å². The van der Waals surface area contributed by atoms with E-state index in [1.165, 1.54) is 16.7 Å². The van der Waals surface area contributed by atoms with E-state index in [0.29, 0.717) is 0 Å². The van der Waals surface area contributed by atoms with Gasteiger partial charge in [-0.2, -0.15) is 0 Å². The fourth-order valence-corrected chi connectivity index (χ4v) is 1.54. The predicted molar refractivity (Wildman–Crippen MR) is 61.0 cm³/mol. The van der Waals surface area contributed by atoms with Crippen molar-refractivity contribution in [2.45, 2.75) is 20.8 Å². The summed E-state index contributed by atoms with van der Waals surface area (Å²) in [5.74, 6) is 0. The van der Waals surface area contributed by atoms with Gasteiger partial charge in [0, 0.05) is 7.05 Å². The maximum atomic E-state index is 4.34. The van der Waals surface area contributed by atoms with Crippen LogP contribution in [0.2, 0.25) is 0 Å². The third-order valence-electron chi connectivity index (χ3n) is 2.04. The summed E-state index contributed by atoms with van der Waals surface area (Å²) < 4.78 is 0. The van der Waals surface area contributed by atoms with Crippen LogP contribution in [0.5, 0.6) is 0 Å². The maximum Gasteiger partial charge on any atom is 0.103 e. The zero-order chi connectivity index (χ0) is 10.6. The van der Waals surface area contributed by atoms with Gasteiger partial charge in [0.1, 0.15) is 6.34 Å². The molecule has 1 aromatic rings. The molecule has 1 aromatic carbocycles. The lowest BCUT2D eigenvalue weighted by Crippen LogP contribution is -2.25.